The molecule has 0 saturated heterocycles. The lowest BCUT2D eigenvalue weighted by Crippen LogP contribution is -2.40. The van der Waals surface area contributed by atoms with Crippen LogP contribution in [0.15, 0.2) is 60.7 Å². The second kappa shape index (κ2) is 12.4. The van der Waals surface area contributed by atoms with Crippen LogP contribution in [0.5, 0.6) is 0 Å². The van der Waals surface area contributed by atoms with Crippen LogP contribution < -0.4 is 5.73 Å². The van der Waals surface area contributed by atoms with E-state index in [0.29, 0.717) is 12.8 Å². The van der Waals surface area contributed by atoms with E-state index in [2.05, 4.69) is 6.92 Å². The Balaban J connectivity index is 2.23. The summed E-state index contributed by atoms with van der Waals surface area (Å²) in [6.45, 7) is 2.18. The van der Waals surface area contributed by atoms with Gasteiger partial charge in [-0.25, -0.2) is 0 Å². The van der Waals surface area contributed by atoms with Crippen molar-refractivity contribution in [2.75, 3.05) is 0 Å². The van der Waals surface area contributed by atoms with Gasteiger partial charge in [0.1, 0.15) is 6.10 Å². The Hall–Kier alpha value is -2.17. The summed E-state index contributed by atoms with van der Waals surface area (Å²) in [5.41, 5.74) is 7.49. The van der Waals surface area contributed by atoms with Gasteiger partial charge in [0.05, 0.1) is 6.10 Å². The van der Waals surface area contributed by atoms with Crippen LogP contribution in [-0.4, -0.2) is 28.3 Å². The topological polar surface area (TPSA) is 83.6 Å². The van der Waals surface area contributed by atoms with Crippen molar-refractivity contribution in [1.29, 1.82) is 0 Å². The second-order valence-corrected chi connectivity index (χ2v) is 7.90. The Kier molecular flexibility index (Phi) is 9.89. The summed E-state index contributed by atoms with van der Waals surface area (Å²) >= 11 is 0. The largest absolute Gasteiger partial charge is 0.393 e. The van der Waals surface area contributed by atoms with E-state index < -0.39 is 24.0 Å². The molecule has 4 N–H and O–H groups in total. The van der Waals surface area contributed by atoms with E-state index in [0.717, 1.165) is 24.0 Å². The second-order valence-electron chi connectivity index (χ2n) is 7.90. The van der Waals surface area contributed by atoms with Crippen LogP contribution in [0, 0.1) is 5.92 Å². The molecule has 2 aromatic rings. The molecule has 4 nitrogen and oxygen atoms in total. The van der Waals surface area contributed by atoms with Crippen LogP contribution in [-0.2, 0) is 4.79 Å². The highest BCUT2D eigenvalue weighted by molar-refractivity contribution is 5.79. The number of rotatable bonds is 13. The summed E-state index contributed by atoms with van der Waals surface area (Å²) in [5.74, 6) is -1.47. The smallest absolute Gasteiger partial charge is 0.246 e. The molecule has 0 radical (unpaired) electrons. The first-order chi connectivity index (χ1) is 14.0. The zero-order chi connectivity index (χ0) is 21.1. The molecule has 2 rings (SSSR count). The molecule has 0 saturated carbocycles. The molecule has 29 heavy (non-hydrogen) atoms. The van der Waals surface area contributed by atoms with Crippen LogP contribution in [0.25, 0.3) is 0 Å². The maximum Gasteiger partial charge on any atom is 0.246 e. The van der Waals surface area contributed by atoms with Crippen LogP contribution in [0.1, 0.15) is 68.9 Å². The first kappa shape index (κ1) is 23.1. The molecule has 3 unspecified atom stereocenters. The maximum absolute atomic E-state index is 11.9. The maximum atomic E-state index is 11.9. The van der Waals surface area contributed by atoms with Gasteiger partial charge in [-0.3, -0.25) is 4.79 Å². The van der Waals surface area contributed by atoms with E-state index >= 15 is 0 Å². The van der Waals surface area contributed by atoms with Crippen molar-refractivity contribution < 1.29 is 15.0 Å². The molecule has 158 valence electrons. The molecule has 0 heterocycles. The quantitative estimate of drug-likeness (QED) is 0.438. The highest BCUT2D eigenvalue weighted by Gasteiger charge is 2.35. The minimum atomic E-state index is -1.32. The zero-order valence-corrected chi connectivity index (χ0v) is 17.4. The van der Waals surface area contributed by atoms with Crippen LogP contribution in [0.4, 0.5) is 0 Å². The number of aliphatic hydroxyl groups is 2. The Labute approximate surface area is 174 Å². The average Bonchev–Trinajstić information content (AvgIpc) is 2.74. The van der Waals surface area contributed by atoms with Crippen molar-refractivity contribution in [1.82, 2.24) is 0 Å². The van der Waals surface area contributed by atoms with Gasteiger partial charge in [-0.2, -0.15) is 0 Å². The van der Waals surface area contributed by atoms with Crippen LogP contribution in [0.2, 0.25) is 0 Å². The minimum absolute atomic E-state index is 0.227. The normalized spacial score (nSPS) is 14.5. The van der Waals surface area contributed by atoms with E-state index in [1.54, 1.807) is 0 Å². The third kappa shape index (κ3) is 7.30. The summed E-state index contributed by atoms with van der Waals surface area (Å²) in [4.78, 5) is 11.9. The molecule has 0 aliphatic heterocycles. The van der Waals surface area contributed by atoms with Crippen LogP contribution in [0.3, 0.4) is 0 Å². The van der Waals surface area contributed by atoms with E-state index in [-0.39, 0.29) is 5.92 Å². The van der Waals surface area contributed by atoms with E-state index in [1.807, 2.05) is 60.7 Å². The summed E-state index contributed by atoms with van der Waals surface area (Å²) in [5, 5.41) is 21.4. The Morgan fingerprint density at radius 1 is 0.862 bits per heavy atom. The van der Waals surface area contributed by atoms with E-state index in [9.17, 15) is 15.0 Å². The van der Waals surface area contributed by atoms with Crippen LogP contribution >= 0.6 is 0 Å². The molecule has 0 aromatic heterocycles. The number of primary amides is 1. The standard InChI is InChI=1S/C25H35NO3/c1-2-3-4-5-12-17-21(27)18-22(24(28)25(26)29)23(19-13-8-6-9-14-19)20-15-10-7-11-16-20/h6-11,13-16,21-24,27-28H,2-5,12,17-18H2,1H3,(H2,26,29). The third-order valence-electron chi connectivity index (χ3n) is 5.63. The Bertz CT molecular complexity index is 665. The van der Waals surface area contributed by atoms with E-state index in [4.69, 9.17) is 5.73 Å². The number of carbonyl (C=O) groups is 1. The molecule has 0 aliphatic carbocycles. The Morgan fingerprint density at radius 2 is 1.38 bits per heavy atom. The lowest BCUT2D eigenvalue weighted by atomic mass is 9.74. The molecule has 3 atom stereocenters. The van der Waals surface area contributed by atoms with Crippen molar-refractivity contribution in [2.24, 2.45) is 11.7 Å². The minimum Gasteiger partial charge on any atom is -0.393 e. The van der Waals surface area contributed by atoms with Gasteiger partial charge in [0, 0.05) is 11.8 Å². The summed E-state index contributed by atoms with van der Waals surface area (Å²) in [6.07, 6.45) is 4.70. The van der Waals surface area contributed by atoms with Gasteiger partial charge in [0.15, 0.2) is 0 Å². The fraction of sp³-hybridized carbons (Fsp3) is 0.480. The highest BCUT2D eigenvalue weighted by Crippen LogP contribution is 2.37. The van der Waals surface area contributed by atoms with Gasteiger partial charge in [-0.05, 0) is 24.0 Å². The van der Waals surface area contributed by atoms with Gasteiger partial charge in [-0.15, -0.1) is 0 Å². The highest BCUT2D eigenvalue weighted by atomic mass is 16.3. The van der Waals surface area contributed by atoms with Crippen molar-refractivity contribution in [3.8, 4) is 0 Å². The molecular weight excluding hydrogens is 362 g/mol. The third-order valence-corrected chi connectivity index (χ3v) is 5.63. The number of hydrogen-bond donors (Lipinski definition) is 3. The molecule has 1 amide bonds. The zero-order valence-electron chi connectivity index (χ0n) is 17.4. The fourth-order valence-corrected chi connectivity index (χ4v) is 4.08. The SMILES string of the molecule is CCCCCCCC(O)CC(C(O)C(N)=O)C(c1ccccc1)c1ccccc1. The van der Waals surface area contributed by atoms with Gasteiger partial charge in [0.25, 0.3) is 0 Å². The average molecular weight is 398 g/mol. The molecule has 0 spiro atoms. The lowest BCUT2D eigenvalue weighted by molar-refractivity contribution is -0.129. The fourth-order valence-electron chi connectivity index (χ4n) is 4.08. The number of aliphatic hydroxyl groups excluding tert-OH is 2. The number of benzene rings is 2. The molecule has 2 aromatic carbocycles. The monoisotopic (exact) mass is 397 g/mol. The van der Waals surface area contributed by atoms with Crippen molar-refractivity contribution in [3.05, 3.63) is 71.8 Å². The van der Waals surface area contributed by atoms with Gasteiger partial charge in [-0.1, -0.05) is 99.7 Å². The van der Waals surface area contributed by atoms with E-state index in [1.165, 1.54) is 19.3 Å². The summed E-state index contributed by atoms with van der Waals surface area (Å²) < 4.78 is 0. The molecule has 4 heteroatoms. The van der Waals surface area contributed by atoms with Gasteiger partial charge < -0.3 is 15.9 Å². The molecule has 0 bridgehead atoms. The lowest BCUT2D eigenvalue weighted by Gasteiger charge is -2.32. The van der Waals surface area contributed by atoms with Gasteiger partial charge >= 0.3 is 0 Å². The number of unbranched alkanes of at least 4 members (excludes halogenated alkanes) is 4. The predicted octanol–water partition coefficient (Wildman–Crippen LogP) is 4.39. The van der Waals surface area contributed by atoms with Crippen molar-refractivity contribution >= 4 is 5.91 Å². The van der Waals surface area contributed by atoms with Crippen molar-refractivity contribution in [3.63, 3.8) is 0 Å². The first-order valence-electron chi connectivity index (χ1n) is 10.8. The summed E-state index contributed by atoms with van der Waals surface area (Å²) in [6, 6.07) is 19.7. The number of amides is 1. The predicted molar refractivity (Wildman–Crippen MR) is 117 cm³/mol. The first-order valence-corrected chi connectivity index (χ1v) is 10.8. The Morgan fingerprint density at radius 3 is 1.86 bits per heavy atom. The molecular formula is C25H35NO3. The molecule has 0 fully saturated rings. The molecule has 0 aliphatic rings. The van der Waals surface area contributed by atoms with Gasteiger partial charge in [0.2, 0.25) is 5.91 Å². The summed E-state index contributed by atoms with van der Waals surface area (Å²) in [7, 11) is 0. The number of carbonyl (C=O) groups excluding carboxylic acids is 1. The number of hydrogen-bond acceptors (Lipinski definition) is 3. The number of nitrogens with two attached hydrogens (primary N) is 1. The van der Waals surface area contributed by atoms with Crippen molar-refractivity contribution in [2.45, 2.75) is 70.0 Å².